The standard InChI is InChI=1S/C21H6F16N2O2/c22-3-1-5(7(19(29,30)31)15(38)10(3)24)40-17-9(21(35,36)37)12(26)13(27)18(14(17)28)41-6-2-4(23)11(25)16(39)8(6)20(32,33)34/h1-2H,38-39H2. The number of halogens is 16. The molecule has 20 heteroatoms. The second-order valence-electron chi connectivity index (χ2n) is 7.59. The minimum atomic E-state index is -6.26. The number of ether oxygens (including phenoxy) is 2. The molecule has 3 rings (SSSR count). The summed E-state index contributed by atoms with van der Waals surface area (Å²) in [7, 11) is 0. The zero-order valence-corrected chi connectivity index (χ0v) is 18.7. The van der Waals surface area contributed by atoms with Crippen molar-refractivity contribution in [3.63, 3.8) is 0 Å². The minimum absolute atomic E-state index is 0.554. The first-order valence-corrected chi connectivity index (χ1v) is 9.82. The van der Waals surface area contributed by atoms with Gasteiger partial charge in [0.1, 0.15) is 28.2 Å². The fourth-order valence-electron chi connectivity index (χ4n) is 3.27. The molecule has 0 saturated carbocycles. The van der Waals surface area contributed by atoms with Crippen LogP contribution in [0.1, 0.15) is 16.7 Å². The number of benzene rings is 3. The van der Waals surface area contributed by atoms with Crippen LogP contribution in [0.2, 0.25) is 0 Å². The summed E-state index contributed by atoms with van der Waals surface area (Å²) >= 11 is 0. The van der Waals surface area contributed by atoms with Crippen molar-refractivity contribution < 1.29 is 79.7 Å². The molecule has 224 valence electrons. The highest BCUT2D eigenvalue weighted by molar-refractivity contribution is 5.61. The third-order valence-electron chi connectivity index (χ3n) is 4.95. The molecule has 0 fully saturated rings. The van der Waals surface area contributed by atoms with Gasteiger partial charge in [0, 0.05) is 12.1 Å². The molecule has 41 heavy (non-hydrogen) atoms. The van der Waals surface area contributed by atoms with E-state index in [2.05, 4.69) is 9.47 Å². The third-order valence-corrected chi connectivity index (χ3v) is 4.95. The lowest BCUT2D eigenvalue weighted by Crippen LogP contribution is -2.18. The molecule has 4 N–H and O–H groups in total. The van der Waals surface area contributed by atoms with Crippen molar-refractivity contribution >= 4 is 11.4 Å². The van der Waals surface area contributed by atoms with Crippen LogP contribution in [0.3, 0.4) is 0 Å². The van der Waals surface area contributed by atoms with E-state index in [0.29, 0.717) is 0 Å². The van der Waals surface area contributed by atoms with Crippen molar-refractivity contribution in [3.05, 3.63) is 69.5 Å². The SMILES string of the molecule is Nc1c(F)c(F)cc(Oc2c(F)c(F)c(C(F)(F)F)c(Oc3cc(F)c(F)c(N)c3C(F)(F)F)c2F)c1C(F)(F)F. The number of rotatable bonds is 4. The summed E-state index contributed by atoms with van der Waals surface area (Å²) in [6.45, 7) is 0. The van der Waals surface area contributed by atoms with Crippen LogP contribution in [0.4, 0.5) is 81.6 Å². The predicted molar refractivity (Wildman–Crippen MR) is 103 cm³/mol. The van der Waals surface area contributed by atoms with Crippen LogP contribution in [-0.2, 0) is 18.5 Å². The zero-order chi connectivity index (χ0) is 31.6. The maximum atomic E-state index is 15.2. The Morgan fingerprint density at radius 2 is 0.780 bits per heavy atom. The van der Waals surface area contributed by atoms with Crippen molar-refractivity contribution in [2.24, 2.45) is 0 Å². The number of nitrogen functional groups attached to an aromatic ring is 2. The lowest BCUT2D eigenvalue weighted by molar-refractivity contribution is -0.142. The minimum Gasteiger partial charge on any atom is -0.453 e. The van der Waals surface area contributed by atoms with Crippen molar-refractivity contribution in [2.45, 2.75) is 18.5 Å². The van der Waals surface area contributed by atoms with E-state index in [1.807, 2.05) is 0 Å². The first-order valence-electron chi connectivity index (χ1n) is 9.82. The molecule has 0 aliphatic heterocycles. The molecular formula is C21H6F16N2O2. The van der Waals surface area contributed by atoms with Crippen molar-refractivity contribution in [2.75, 3.05) is 11.5 Å². The summed E-state index contributed by atoms with van der Waals surface area (Å²) in [4.78, 5) is 0. The second kappa shape index (κ2) is 9.98. The van der Waals surface area contributed by atoms with Gasteiger partial charge in [-0.3, -0.25) is 0 Å². The highest BCUT2D eigenvalue weighted by Crippen LogP contribution is 2.51. The molecule has 3 aromatic carbocycles. The van der Waals surface area contributed by atoms with E-state index in [1.54, 1.807) is 0 Å². The topological polar surface area (TPSA) is 70.5 Å². The summed E-state index contributed by atoms with van der Waals surface area (Å²) in [5, 5.41) is 0. The second-order valence-corrected chi connectivity index (χ2v) is 7.59. The molecule has 0 aliphatic carbocycles. The van der Waals surface area contributed by atoms with Crippen LogP contribution < -0.4 is 20.9 Å². The molecule has 0 amide bonds. The van der Waals surface area contributed by atoms with Crippen LogP contribution in [0.5, 0.6) is 23.0 Å². The zero-order valence-electron chi connectivity index (χ0n) is 18.7. The smallest absolute Gasteiger partial charge is 0.423 e. The van der Waals surface area contributed by atoms with Gasteiger partial charge in [0.25, 0.3) is 0 Å². The van der Waals surface area contributed by atoms with Crippen LogP contribution >= 0.6 is 0 Å². The first-order chi connectivity index (χ1) is 18.5. The Kier molecular flexibility index (Phi) is 7.61. The lowest BCUT2D eigenvalue weighted by Gasteiger charge is -2.22. The lowest BCUT2D eigenvalue weighted by atomic mass is 10.1. The van der Waals surface area contributed by atoms with Gasteiger partial charge in [-0.25, -0.2) is 22.0 Å². The van der Waals surface area contributed by atoms with E-state index in [9.17, 15) is 65.9 Å². The van der Waals surface area contributed by atoms with Crippen molar-refractivity contribution in [3.8, 4) is 23.0 Å². The van der Waals surface area contributed by atoms with E-state index in [0.717, 1.165) is 0 Å². The maximum Gasteiger partial charge on any atom is 0.423 e. The summed E-state index contributed by atoms with van der Waals surface area (Å²) in [5.74, 6) is -28.7. The van der Waals surface area contributed by atoms with Gasteiger partial charge < -0.3 is 20.9 Å². The number of hydrogen-bond acceptors (Lipinski definition) is 4. The molecule has 0 heterocycles. The van der Waals surface area contributed by atoms with E-state index < -0.39 is 122 Å². The van der Waals surface area contributed by atoms with Gasteiger partial charge in [0.2, 0.25) is 17.4 Å². The Bertz CT molecular complexity index is 1540. The maximum absolute atomic E-state index is 15.2. The Morgan fingerprint density at radius 3 is 1.12 bits per heavy atom. The van der Waals surface area contributed by atoms with Crippen LogP contribution in [0.15, 0.2) is 12.1 Å². The highest BCUT2D eigenvalue weighted by Gasteiger charge is 2.46. The van der Waals surface area contributed by atoms with Gasteiger partial charge in [0.05, 0.1) is 11.4 Å². The van der Waals surface area contributed by atoms with Crippen molar-refractivity contribution in [1.29, 1.82) is 0 Å². The molecule has 0 atom stereocenters. The average Bonchev–Trinajstić information content (AvgIpc) is 2.79. The summed E-state index contributed by atoms with van der Waals surface area (Å²) in [6, 6.07) is -1.17. The first kappa shape index (κ1) is 31.3. The summed E-state index contributed by atoms with van der Waals surface area (Å²) in [5.41, 5.74) is -2.91. The van der Waals surface area contributed by atoms with Gasteiger partial charge in [-0.15, -0.1) is 0 Å². The Balaban J connectivity index is 2.41. The van der Waals surface area contributed by atoms with Gasteiger partial charge in [0.15, 0.2) is 34.8 Å². The largest absolute Gasteiger partial charge is 0.453 e. The fourth-order valence-corrected chi connectivity index (χ4v) is 3.27. The normalized spacial score (nSPS) is 12.6. The molecule has 3 aromatic rings. The Morgan fingerprint density at radius 1 is 0.439 bits per heavy atom. The fraction of sp³-hybridized carbons (Fsp3) is 0.143. The molecule has 0 bridgehead atoms. The molecular weight excluding hydrogens is 616 g/mol. The van der Waals surface area contributed by atoms with E-state index in [-0.39, 0.29) is 0 Å². The van der Waals surface area contributed by atoms with Crippen LogP contribution in [-0.4, -0.2) is 0 Å². The Hall–Kier alpha value is -4.26. The number of hydrogen-bond donors (Lipinski definition) is 2. The molecule has 0 aromatic heterocycles. The average molecular weight is 622 g/mol. The molecule has 0 unspecified atom stereocenters. The van der Waals surface area contributed by atoms with Gasteiger partial charge in [-0.1, -0.05) is 0 Å². The molecule has 0 spiro atoms. The number of alkyl halides is 9. The number of anilines is 2. The third kappa shape index (κ3) is 5.53. The van der Waals surface area contributed by atoms with E-state index >= 15 is 4.39 Å². The number of nitrogens with two attached hydrogens (primary N) is 2. The predicted octanol–water partition coefficient (Wildman–Crippen LogP) is 8.47. The molecule has 0 aliphatic rings. The highest BCUT2D eigenvalue weighted by atomic mass is 19.4. The quantitative estimate of drug-likeness (QED) is 0.174. The van der Waals surface area contributed by atoms with Crippen LogP contribution in [0, 0.1) is 40.7 Å². The van der Waals surface area contributed by atoms with Crippen LogP contribution in [0.25, 0.3) is 0 Å². The monoisotopic (exact) mass is 622 g/mol. The van der Waals surface area contributed by atoms with E-state index in [4.69, 9.17) is 11.5 Å². The van der Waals surface area contributed by atoms with Gasteiger partial charge in [-0.05, 0) is 0 Å². The van der Waals surface area contributed by atoms with Crippen molar-refractivity contribution in [1.82, 2.24) is 0 Å². The summed E-state index contributed by atoms with van der Waals surface area (Å²) in [6.07, 6.45) is -18.0. The molecule has 4 nitrogen and oxygen atoms in total. The van der Waals surface area contributed by atoms with Gasteiger partial charge in [-0.2, -0.15) is 48.3 Å². The van der Waals surface area contributed by atoms with E-state index in [1.165, 1.54) is 0 Å². The van der Waals surface area contributed by atoms with Gasteiger partial charge >= 0.3 is 18.5 Å². The Labute approximate surface area is 214 Å². The summed E-state index contributed by atoms with van der Waals surface area (Å²) < 4.78 is 228. The molecule has 0 saturated heterocycles. The molecule has 0 radical (unpaired) electrons.